The average Bonchev–Trinajstić information content (AvgIpc) is 2.70. The molecule has 0 aliphatic heterocycles. The van der Waals surface area contributed by atoms with Crippen LogP contribution in [-0.4, -0.2) is 12.1 Å². The van der Waals surface area contributed by atoms with Crippen LogP contribution in [-0.2, 0) is 9.53 Å². The monoisotopic (exact) mass is 408 g/mol. The molecule has 0 atom stereocenters. The Morgan fingerprint density at radius 1 is 0.621 bits per heavy atom. The summed E-state index contributed by atoms with van der Waals surface area (Å²) in [6, 6.07) is 0. The molecule has 0 heterocycles. The lowest BCUT2D eigenvalue weighted by Gasteiger charge is -2.18. The van der Waals surface area contributed by atoms with E-state index in [1.165, 1.54) is 116 Å². The number of esters is 1. The van der Waals surface area contributed by atoms with Crippen molar-refractivity contribution in [1.82, 2.24) is 0 Å². The van der Waals surface area contributed by atoms with Crippen LogP contribution >= 0.6 is 0 Å². The van der Waals surface area contributed by atoms with Gasteiger partial charge in [0.2, 0.25) is 0 Å². The van der Waals surface area contributed by atoms with Gasteiger partial charge in [0.15, 0.2) is 0 Å². The Labute approximate surface area is 183 Å². The molecule has 0 aromatic heterocycles. The molecule has 0 saturated carbocycles. The van der Waals surface area contributed by atoms with Gasteiger partial charge in [-0.15, -0.1) is 0 Å². The highest BCUT2D eigenvalue weighted by Crippen LogP contribution is 2.18. The van der Waals surface area contributed by atoms with Gasteiger partial charge >= 0.3 is 5.97 Å². The molecule has 0 amide bonds. The molecular weight excluding hydrogens is 356 g/mol. The highest BCUT2D eigenvalue weighted by atomic mass is 16.5. The van der Waals surface area contributed by atoms with E-state index in [-0.39, 0.29) is 12.1 Å². The predicted octanol–water partition coefficient (Wildman–Crippen LogP) is 9.32. The van der Waals surface area contributed by atoms with Gasteiger partial charge in [-0.3, -0.25) is 0 Å². The van der Waals surface area contributed by atoms with Crippen molar-refractivity contribution in [2.45, 2.75) is 155 Å². The summed E-state index contributed by atoms with van der Waals surface area (Å²) in [5, 5.41) is 0. The Balaban J connectivity index is 3.84. The molecular formula is C27H52O2. The maximum atomic E-state index is 12.0. The van der Waals surface area contributed by atoms with E-state index in [9.17, 15) is 4.79 Å². The van der Waals surface area contributed by atoms with Crippen molar-refractivity contribution in [2.24, 2.45) is 0 Å². The third-order valence-corrected chi connectivity index (χ3v) is 5.88. The molecule has 0 unspecified atom stereocenters. The fourth-order valence-corrected chi connectivity index (χ4v) is 3.88. The Morgan fingerprint density at radius 2 is 0.931 bits per heavy atom. The second-order valence-corrected chi connectivity index (χ2v) is 9.04. The Kier molecular flexibility index (Phi) is 21.3. The van der Waals surface area contributed by atoms with Crippen LogP contribution in [0.15, 0.2) is 12.2 Å². The van der Waals surface area contributed by atoms with Gasteiger partial charge in [0, 0.05) is 5.57 Å². The second-order valence-electron chi connectivity index (χ2n) is 9.04. The summed E-state index contributed by atoms with van der Waals surface area (Å²) in [6.07, 6.45) is 26.2. The van der Waals surface area contributed by atoms with Crippen molar-refractivity contribution >= 4 is 5.97 Å². The molecule has 0 aromatic carbocycles. The quantitative estimate of drug-likeness (QED) is 0.101. The van der Waals surface area contributed by atoms with Crippen LogP contribution in [0.1, 0.15) is 149 Å². The van der Waals surface area contributed by atoms with Crippen molar-refractivity contribution in [3.8, 4) is 0 Å². The summed E-state index contributed by atoms with van der Waals surface area (Å²) in [5.41, 5.74) is 0.522. The number of ether oxygens (including phenoxy) is 1. The van der Waals surface area contributed by atoms with Gasteiger partial charge in [-0.1, -0.05) is 123 Å². The first-order valence-corrected chi connectivity index (χ1v) is 13.0. The standard InChI is InChI=1S/C27H52O2/c1-5-7-9-11-13-15-17-19-21-23-26(29-27(28)25(3)4)24-22-20-18-16-14-12-10-8-6-2/h26H,3,5-24H2,1-2,4H3. The van der Waals surface area contributed by atoms with Gasteiger partial charge < -0.3 is 4.74 Å². The molecule has 0 saturated heterocycles. The zero-order valence-corrected chi connectivity index (χ0v) is 20.2. The van der Waals surface area contributed by atoms with E-state index < -0.39 is 0 Å². The van der Waals surface area contributed by atoms with Crippen LogP contribution < -0.4 is 0 Å². The molecule has 29 heavy (non-hydrogen) atoms. The number of unbranched alkanes of at least 4 members (excludes halogenated alkanes) is 16. The average molecular weight is 409 g/mol. The van der Waals surface area contributed by atoms with E-state index in [1.807, 2.05) is 0 Å². The molecule has 0 fully saturated rings. The zero-order valence-electron chi connectivity index (χ0n) is 20.2. The minimum absolute atomic E-state index is 0.0910. The minimum Gasteiger partial charge on any atom is -0.459 e. The van der Waals surface area contributed by atoms with Gasteiger partial charge in [0.25, 0.3) is 0 Å². The fraction of sp³-hybridized carbons (Fsp3) is 0.889. The Hall–Kier alpha value is -0.790. The third kappa shape index (κ3) is 20.3. The number of hydrogen-bond donors (Lipinski definition) is 0. The highest BCUT2D eigenvalue weighted by Gasteiger charge is 2.14. The van der Waals surface area contributed by atoms with Crippen molar-refractivity contribution in [3.05, 3.63) is 12.2 Å². The van der Waals surface area contributed by atoms with Gasteiger partial charge in [-0.2, -0.15) is 0 Å². The van der Waals surface area contributed by atoms with Crippen molar-refractivity contribution < 1.29 is 9.53 Å². The Bertz CT molecular complexity index is 353. The largest absolute Gasteiger partial charge is 0.459 e. The zero-order chi connectivity index (χ0) is 21.6. The number of hydrogen-bond acceptors (Lipinski definition) is 2. The summed E-state index contributed by atoms with van der Waals surface area (Å²) in [6.45, 7) is 10.0. The van der Waals surface area contributed by atoms with Gasteiger partial charge in [0.1, 0.15) is 6.10 Å². The minimum atomic E-state index is -0.207. The molecule has 0 aliphatic rings. The Morgan fingerprint density at radius 3 is 1.24 bits per heavy atom. The first-order chi connectivity index (χ1) is 14.1. The van der Waals surface area contributed by atoms with E-state index in [4.69, 9.17) is 4.74 Å². The number of rotatable bonds is 22. The topological polar surface area (TPSA) is 26.3 Å². The summed E-state index contributed by atoms with van der Waals surface area (Å²) in [5.74, 6) is -0.207. The van der Waals surface area contributed by atoms with Crippen molar-refractivity contribution in [3.63, 3.8) is 0 Å². The molecule has 2 heteroatoms. The van der Waals surface area contributed by atoms with E-state index in [0.717, 1.165) is 12.8 Å². The lowest BCUT2D eigenvalue weighted by molar-refractivity contribution is -0.145. The first kappa shape index (κ1) is 28.2. The molecule has 0 aromatic rings. The summed E-state index contributed by atoms with van der Waals surface area (Å²) in [4.78, 5) is 12.0. The summed E-state index contributed by atoms with van der Waals surface area (Å²) >= 11 is 0. The van der Waals surface area contributed by atoms with Crippen LogP contribution in [0, 0.1) is 0 Å². The molecule has 2 nitrogen and oxygen atoms in total. The first-order valence-electron chi connectivity index (χ1n) is 13.0. The van der Waals surface area contributed by atoms with E-state index in [2.05, 4.69) is 20.4 Å². The molecule has 0 aliphatic carbocycles. The molecule has 0 spiro atoms. The normalized spacial score (nSPS) is 11.2. The highest BCUT2D eigenvalue weighted by molar-refractivity contribution is 5.87. The van der Waals surface area contributed by atoms with Crippen LogP contribution in [0.2, 0.25) is 0 Å². The lowest BCUT2D eigenvalue weighted by Crippen LogP contribution is -2.18. The molecule has 0 N–H and O–H groups in total. The smallest absolute Gasteiger partial charge is 0.333 e. The molecule has 0 radical (unpaired) electrons. The number of carbonyl (C=O) groups excluding carboxylic acids is 1. The van der Waals surface area contributed by atoms with Crippen LogP contribution in [0.5, 0.6) is 0 Å². The SMILES string of the molecule is C=C(C)C(=O)OC(CCCCCCCCCCC)CCCCCCCCCCC. The van der Waals surface area contributed by atoms with E-state index >= 15 is 0 Å². The third-order valence-electron chi connectivity index (χ3n) is 5.88. The maximum Gasteiger partial charge on any atom is 0.333 e. The summed E-state index contributed by atoms with van der Waals surface area (Å²) < 4.78 is 5.72. The number of carbonyl (C=O) groups is 1. The van der Waals surface area contributed by atoms with Crippen LogP contribution in [0.25, 0.3) is 0 Å². The molecule has 172 valence electrons. The fourth-order valence-electron chi connectivity index (χ4n) is 3.88. The maximum absolute atomic E-state index is 12.0. The van der Waals surface area contributed by atoms with Crippen molar-refractivity contribution in [1.29, 1.82) is 0 Å². The predicted molar refractivity (Wildman–Crippen MR) is 128 cm³/mol. The summed E-state index contributed by atoms with van der Waals surface area (Å²) in [7, 11) is 0. The van der Waals surface area contributed by atoms with Crippen LogP contribution in [0.4, 0.5) is 0 Å². The molecule has 0 rings (SSSR count). The second kappa shape index (κ2) is 21.9. The lowest BCUT2D eigenvalue weighted by atomic mass is 10.0. The van der Waals surface area contributed by atoms with Crippen molar-refractivity contribution in [2.75, 3.05) is 0 Å². The van der Waals surface area contributed by atoms with E-state index in [1.54, 1.807) is 6.92 Å². The molecule has 0 bridgehead atoms. The van der Waals surface area contributed by atoms with Gasteiger partial charge in [-0.05, 0) is 32.6 Å². The van der Waals surface area contributed by atoms with Crippen LogP contribution in [0.3, 0.4) is 0 Å². The van der Waals surface area contributed by atoms with E-state index in [0.29, 0.717) is 5.57 Å². The van der Waals surface area contributed by atoms with Gasteiger partial charge in [0.05, 0.1) is 0 Å². The van der Waals surface area contributed by atoms with Gasteiger partial charge in [-0.25, -0.2) is 4.79 Å².